The third kappa shape index (κ3) is 5.32. The van der Waals surface area contributed by atoms with Gasteiger partial charge >= 0.3 is 6.03 Å². The molecule has 9 heteroatoms. The van der Waals surface area contributed by atoms with Crippen molar-refractivity contribution in [2.24, 2.45) is 0 Å². The van der Waals surface area contributed by atoms with Gasteiger partial charge in [0.1, 0.15) is 0 Å². The van der Waals surface area contributed by atoms with Gasteiger partial charge in [-0.1, -0.05) is 0 Å². The van der Waals surface area contributed by atoms with E-state index in [2.05, 4.69) is 10.6 Å². The van der Waals surface area contributed by atoms with E-state index in [0.29, 0.717) is 37.2 Å². The van der Waals surface area contributed by atoms with E-state index in [1.54, 1.807) is 12.0 Å². The topological polar surface area (TPSA) is 108 Å². The molecule has 1 aromatic rings. The highest BCUT2D eigenvalue weighted by Crippen LogP contribution is 2.24. The molecule has 0 saturated carbocycles. The molecule has 0 fully saturated rings. The molecule has 0 bridgehead atoms. The highest BCUT2D eigenvalue weighted by molar-refractivity contribution is 6.22. The van der Waals surface area contributed by atoms with Crippen LogP contribution in [0.3, 0.4) is 0 Å². The van der Waals surface area contributed by atoms with Crippen LogP contribution in [0.5, 0.6) is 0 Å². The summed E-state index contributed by atoms with van der Waals surface area (Å²) in [6.07, 6.45) is 0.550. The molecule has 0 saturated heterocycles. The van der Waals surface area contributed by atoms with Crippen molar-refractivity contribution in [3.05, 3.63) is 34.9 Å². The Labute approximate surface area is 170 Å². The number of benzene rings is 1. The highest BCUT2D eigenvalue weighted by atomic mass is 16.5. The number of carbonyl (C=O) groups is 4. The van der Waals surface area contributed by atoms with Crippen molar-refractivity contribution in [1.82, 2.24) is 20.4 Å². The monoisotopic (exact) mass is 404 g/mol. The molecule has 0 spiro atoms. The van der Waals surface area contributed by atoms with Gasteiger partial charge in [-0.15, -0.1) is 0 Å². The molecule has 2 N–H and O–H groups in total. The standard InChI is InChI=1S/C20H28N4O5/c1-4-23(5-2)20(28)22-10-9-21-17(25)14-7-8-15-16(13-14)19(27)24(18(15)26)11-6-12-29-3/h7-8,13H,4-6,9-12H2,1-3H3,(H,21,25)(H,22,28). The summed E-state index contributed by atoms with van der Waals surface area (Å²) >= 11 is 0. The van der Waals surface area contributed by atoms with E-state index in [-0.39, 0.29) is 43.0 Å². The number of carbonyl (C=O) groups excluding carboxylic acids is 4. The van der Waals surface area contributed by atoms with Crippen molar-refractivity contribution in [3.63, 3.8) is 0 Å². The van der Waals surface area contributed by atoms with Crippen molar-refractivity contribution in [2.45, 2.75) is 20.3 Å². The molecule has 158 valence electrons. The maximum Gasteiger partial charge on any atom is 0.317 e. The minimum atomic E-state index is -0.401. The maximum absolute atomic E-state index is 12.5. The first-order valence-corrected chi connectivity index (χ1v) is 9.74. The number of hydrogen-bond acceptors (Lipinski definition) is 5. The van der Waals surface area contributed by atoms with Crippen LogP contribution in [0.2, 0.25) is 0 Å². The Bertz CT molecular complexity index is 776. The molecule has 0 aromatic heterocycles. The van der Waals surface area contributed by atoms with Gasteiger partial charge in [0.15, 0.2) is 0 Å². The number of methoxy groups -OCH3 is 1. The smallest absolute Gasteiger partial charge is 0.317 e. The molecular weight excluding hydrogens is 376 g/mol. The van der Waals surface area contributed by atoms with Crippen LogP contribution in [0.25, 0.3) is 0 Å². The third-order valence-corrected chi connectivity index (χ3v) is 4.70. The Morgan fingerprint density at radius 3 is 2.34 bits per heavy atom. The summed E-state index contributed by atoms with van der Waals surface area (Å²) in [5.74, 6) is -1.13. The van der Waals surface area contributed by atoms with Gasteiger partial charge in [-0.25, -0.2) is 4.79 Å². The Morgan fingerprint density at radius 2 is 1.69 bits per heavy atom. The van der Waals surface area contributed by atoms with Crippen LogP contribution >= 0.6 is 0 Å². The molecule has 2 rings (SSSR count). The molecule has 0 unspecified atom stereocenters. The summed E-state index contributed by atoms with van der Waals surface area (Å²) in [6.45, 7) is 6.26. The van der Waals surface area contributed by atoms with E-state index in [0.717, 1.165) is 0 Å². The average Bonchev–Trinajstić information content (AvgIpc) is 2.96. The Hall–Kier alpha value is -2.94. The Morgan fingerprint density at radius 1 is 1.03 bits per heavy atom. The number of nitrogens with one attached hydrogen (secondary N) is 2. The van der Waals surface area contributed by atoms with Gasteiger partial charge < -0.3 is 20.3 Å². The van der Waals surface area contributed by atoms with Crippen LogP contribution < -0.4 is 10.6 Å². The highest BCUT2D eigenvalue weighted by Gasteiger charge is 2.35. The van der Waals surface area contributed by atoms with Crippen LogP contribution in [-0.2, 0) is 4.74 Å². The van der Waals surface area contributed by atoms with Crippen LogP contribution in [0.1, 0.15) is 51.3 Å². The van der Waals surface area contributed by atoms with Gasteiger partial charge in [0.2, 0.25) is 0 Å². The fourth-order valence-corrected chi connectivity index (χ4v) is 3.07. The van der Waals surface area contributed by atoms with Gasteiger partial charge in [0.05, 0.1) is 11.1 Å². The van der Waals surface area contributed by atoms with Crippen molar-refractivity contribution >= 4 is 23.8 Å². The Balaban J connectivity index is 1.92. The minimum Gasteiger partial charge on any atom is -0.385 e. The fraction of sp³-hybridized carbons (Fsp3) is 0.500. The summed E-state index contributed by atoms with van der Waals surface area (Å²) in [4.78, 5) is 51.9. The van der Waals surface area contributed by atoms with Gasteiger partial charge in [-0.2, -0.15) is 0 Å². The lowest BCUT2D eigenvalue weighted by Gasteiger charge is -2.19. The molecule has 0 aliphatic carbocycles. The summed E-state index contributed by atoms with van der Waals surface area (Å²) in [6, 6.07) is 4.28. The van der Waals surface area contributed by atoms with Gasteiger partial charge in [-0.05, 0) is 38.5 Å². The molecule has 0 radical (unpaired) electrons. The quantitative estimate of drug-likeness (QED) is 0.448. The number of hydrogen-bond donors (Lipinski definition) is 2. The molecule has 1 aliphatic heterocycles. The second kappa shape index (κ2) is 10.6. The number of rotatable bonds is 10. The molecule has 29 heavy (non-hydrogen) atoms. The van der Waals surface area contributed by atoms with E-state index in [1.807, 2.05) is 13.8 Å². The molecule has 1 aromatic carbocycles. The summed E-state index contributed by atoms with van der Waals surface area (Å²) < 4.78 is 4.96. The molecule has 0 atom stereocenters. The van der Waals surface area contributed by atoms with Gasteiger partial charge in [0, 0.05) is 52.0 Å². The van der Waals surface area contributed by atoms with E-state index < -0.39 is 5.91 Å². The number of urea groups is 1. The first-order chi connectivity index (χ1) is 13.9. The lowest BCUT2D eigenvalue weighted by atomic mass is 10.1. The largest absolute Gasteiger partial charge is 0.385 e. The van der Waals surface area contributed by atoms with Crippen LogP contribution in [0.15, 0.2) is 18.2 Å². The summed E-state index contributed by atoms with van der Waals surface area (Å²) in [5, 5.41) is 5.43. The molecule has 1 aliphatic rings. The SMILES string of the molecule is CCN(CC)C(=O)NCCNC(=O)c1ccc2c(c1)C(=O)N(CCCOC)C2=O. The van der Waals surface area contributed by atoms with E-state index >= 15 is 0 Å². The number of imide groups is 1. The number of amides is 5. The molecule has 1 heterocycles. The van der Waals surface area contributed by atoms with Crippen molar-refractivity contribution in [1.29, 1.82) is 0 Å². The second-order valence-electron chi connectivity index (χ2n) is 6.53. The van der Waals surface area contributed by atoms with Crippen LogP contribution in [-0.4, -0.2) is 80.0 Å². The zero-order chi connectivity index (χ0) is 21.4. The number of nitrogens with zero attached hydrogens (tertiary/aromatic N) is 2. The Kier molecular flexibility index (Phi) is 8.14. The summed E-state index contributed by atoms with van der Waals surface area (Å²) in [5.41, 5.74) is 0.823. The van der Waals surface area contributed by atoms with E-state index in [9.17, 15) is 19.2 Å². The first-order valence-electron chi connectivity index (χ1n) is 9.74. The lowest BCUT2D eigenvalue weighted by Crippen LogP contribution is -2.42. The summed E-state index contributed by atoms with van der Waals surface area (Å²) in [7, 11) is 1.56. The zero-order valence-corrected chi connectivity index (χ0v) is 17.1. The van der Waals surface area contributed by atoms with Crippen LogP contribution in [0.4, 0.5) is 4.79 Å². The predicted octanol–water partition coefficient (Wildman–Crippen LogP) is 1.10. The molecule has 5 amide bonds. The molecular formula is C20H28N4O5. The van der Waals surface area contributed by atoms with Crippen molar-refractivity contribution in [2.75, 3.05) is 46.4 Å². The van der Waals surface area contributed by atoms with E-state index in [4.69, 9.17) is 4.74 Å². The second-order valence-corrected chi connectivity index (χ2v) is 6.53. The third-order valence-electron chi connectivity index (χ3n) is 4.70. The average molecular weight is 404 g/mol. The van der Waals surface area contributed by atoms with Gasteiger partial charge in [-0.3, -0.25) is 19.3 Å². The normalized spacial score (nSPS) is 12.7. The van der Waals surface area contributed by atoms with Crippen molar-refractivity contribution < 1.29 is 23.9 Å². The zero-order valence-electron chi connectivity index (χ0n) is 17.1. The number of fused-ring (bicyclic) bond motifs is 1. The minimum absolute atomic E-state index is 0.181. The van der Waals surface area contributed by atoms with Gasteiger partial charge in [0.25, 0.3) is 17.7 Å². The van der Waals surface area contributed by atoms with Crippen LogP contribution in [0, 0.1) is 0 Å². The lowest BCUT2D eigenvalue weighted by molar-refractivity contribution is 0.0638. The molecule has 9 nitrogen and oxygen atoms in total. The maximum atomic E-state index is 12.5. The number of ether oxygens (including phenoxy) is 1. The van der Waals surface area contributed by atoms with E-state index in [1.165, 1.54) is 23.1 Å². The fourth-order valence-electron chi connectivity index (χ4n) is 3.07. The first kappa shape index (κ1) is 22.4. The van der Waals surface area contributed by atoms with Crippen molar-refractivity contribution in [3.8, 4) is 0 Å². The predicted molar refractivity (Wildman–Crippen MR) is 107 cm³/mol.